The van der Waals surface area contributed by atoms with Crippen molar-refractivity contribution in [3.63, 3.8) is 0 Å². The van der Waals surface area contributed by atoms with Crippen LogP contribution in [0.25, 0.3) is 0 Å². The topological polar surface area (TPSA) is 70.1 Å². The van der Waals surface area contributed by atoms with Gasteiger partial charge in [0.1, 0.15) is 0 Å². The van der Waals surface area contributed by atoms with E-state index in [0.717, 1.165) is 11.3 Å². The first-order valence-electron chi connectivity index (χ1n) is 6.07. The highest BCUT2D eigenvalue weighted by molar-refractivity contribution is 7.98. The Morgan fingerprint density at radius 2 is 2.32 bits per heavy atom. The Labute approximate surface area is 118 Å². The second-order valence-corrected chi connectivity index (χ2v) is 5.38. The summed E-state index contributed by atoms with van der Waals surface area (Å²) < 4.78 is 0. The standard InChI is InChI=1S/C14H19N3OS/c1-17(14(18)13(16)6-7-19-2)10-12-5-3-4-11(8-12)9-15/h3-5,8,13H,6-7,10,16H2,1-2H3/t13-/m0/s1. The van der Waals surface area contributed by atoms with E-state index < -0.39 is 6.04 Å². The maximum Gasteiger partial charge on any atom is 0.239 e. The van der Waals surface area contributed by atoms with Crippen molar-refractivity contribution in [2.75, 3.05) is 19.1 Å². The third-order valence-corrected chi connectivity index (χ3v) is 3.45. The van der Waals surface area contributed by atoms with Crippen LogP contribution in [0.3, 0.4) is 0 Å². The minimum Gasteiger partial charge on any atom is -0.340 e. The van der Waals surface area contributed by atoms with Crippen LogP contribution in [0, 0.1) is 11.3 Å². The molecule has 1 atom stereocenters. The third kappa shape index (κ3) is 4.93. The summed E-state index contributed by atoms with van der Waals surface area (Å²) in [5.74, 6) is 0.821. The molecular formula is C14H19N3OS. The van der Waals surface area contributed by atoms with Crippen molar-refractivity contribution in [2.45, 2.75) is 19.0 Å². The molecule has 1 amide bonds. The molecule has 0 heterocycles. The van der Waals surface area contributed by atoms with Gasteiger partial charge in [-0.15, -0.1) is 0 Å². The summed E-state index contributed by atoms with van der Waals surface area (Å²) in [6, 6.07) is 8.90. The zero-order valence-electron chi connectivity index (χ0n) is 11.3. The monoisotopic (exact) mass is 277 g/mol. The van der Waals surface area contributed by atoms with Crippen LogP contribution in [0.2, 0.25) is 0 Å². The lowest BCUT2D eigenvalue weighted by molar-refractivity contribution is -0.131. The first kappa shape index (κ1) is 15.5. The van der Waals surface area contributed by atoms with Crippen LogP contribution in [0.4, 0.5) is 0 Å². The summed E-state index contributed by atoms with van der Waals surface area (Å²) in [6.07, 6.45) is 2.68. The number of rotatable bonds is 6. The number of nitriles is 1. The largest absolute Gasteiger partial charge is 0.340 e. The fourth-order valence-electron chi connectivity index (χ4n) is 1.74. The van der Waals surface area contributed by atoms with E-state index in [2.05, 4.69) is 6.07 Å². The number of hydrogen-bond donors (Lipinski definition) is 1. The molecule has 0 saturated heterocycles. The Morgan fingerprint density at radius 3 is 2.95 bits per heavy atom. The van der Waals surface area contributed by atoms with Gasteiger partial charge in [0.25, 0.3) is 0 Å². The molecule has 102 valence electrons. The lowest BCUT2D eigenvalue weighted by Gasteiger charge is -2.21. The zero-order chi connectivity index (χ0) is 14.3. The number of carbonyl (C=O) groups excluding carboxylic acids is 1. The molecule has 0 radical (unpaired) electrons. The molecule has 2 N–H and O–H groups in total. The van der Waals surface area contributed by atoms with Gasteiger partial charge in [-0.25, -0.2) is 0 Å². The molecule has 0 unspecified atom stereocenters. The average Bonchev–Trinajstić information content (AvgIpc) is 2.43. The fraction of sp³-hybridized carbons (Fsp3) is 0.429. The first-order valence-corrected chi connectivity index (χ1v) is 7.46. The molecule has 1 aromatic carbocycles. The number of thioether (sulfide) groups is 1. The van der Waals surface area contributed by atoms with Crippen LogP contribution >= 0.6 is 11.8 Å². The molecule has 19 heavy (non-hydrogen) atoms. The van der Waals surface area contributed by atoms with Gasteiger partial charge in [-0.3, -0.25) is 4.79 Å². The second kappa shape index (κ2) is 7.82. The Balaban J connectivity index is 2.60. The van der Waals surface area contributed by atoms with Crippen molar-refractivity contribution >= 4 is 17.7 Å². The highest BCUT2D eigenvalue weighted by Gasteiger charge is 2.17. The Kier molecular flexibility index (Phi) is 6.40. The number of nitrogens with zero attached hydrogens (tertiary/aromatic N) is 2. The lowest BCUT2D eigenvalue weighted by Crippen LogP contribution is -2.41. The van der Waals surface area contributed by atoms with Crippen LogP contribution in [0.5, 0.6) is 0 Å². The molecule has 0 bridgehead atoms. The van der Waals surface area contributed by atoms with E-state index >= 15 is 0 Å². The minimum atomic E-state index is -0.448. The van der Waals surface area contributed by atoms with Gasteiger partial charge in [-0.05, 0) is 36.1 Å². The van der Waals surface area contributed by atoms with Gasteiger partial charge in [-0.2, -0.15) is 17.0 Å². The molecule has 0 fully saturated rings. The van der Waals surface area contributed by atoms with Gasteiger partial charge in [-0.1, -0.05) is 12.1 Å². The molecule has 0 spiro atoms. The van der Waals surface area contributed by atoms with Crippen molar-refractivity contribution in [3.8, 4) is 6.07 Å². The normalized spacial score (nSPS) is 11.7. The number of carbonyl (C=O) groups is 1. The van der Waals surface area contributed by atoms with Crippen molar-refractivity contribution in [3.05, 3.63) is 35.4 Å². The van der Waals surface area contributed by atoms with Gasteiger partial charge < -0.3 is 10.6 Å². The van der Waals surface area contributed by atoms with E-state index in [1.54, 1.807) is 35.8 Å². The van der Waals surface area contributed by atoms with Crippen molar-refractivity contribution in [2.24, 2.45) is 5.73 Å². The second-order valence-electron chi connectivity index (χ2n) is 4.39. The summed E-state index contributed by atoms with van der Waals surface area (Å²) in [5.41, 5.74) is 7.40. The summed E-state index contributed by atoms with van der Waals surface area (Å²) >= 11 is 1.68. The van der Waals surface area contributed by atoms with Crippen molar-refractivity contribution in [1.29, 1.82) is 5.26 Å². The molecule has 1 aromatic rings. The molecule has 4 nitrogen and oxygen atoms in total. The first-order chi connectivity index (χ1) is 9.08. The zero-order valence-corrected chi connectivity index (χ0v) is 12.1. The molecule has 0 aliphatic rings. The van der Waals surface area contributed by atoms with Gasteiger partial charge >= 0.3 is 0 Å². The minimum absolute atomic E-state index is 0.0589. The highest BCUT2D eigenvalue weighted by Crippen LogP contribution is 2.08. The van der Waals surface area contributed by atoms with Crippen LogP contribution in [-0.2, 0) is 11.3 Å². The van der Waals surface area contributed by atoms with Crippen LogP contribution in [-0.4, -0.2) is 35.9 Å². The van der Waals surface area contributed by atoms with Crippen molar-refractivity contribution in [1.82, 2.24) is 4.90 Å². The van der Waals surface area contributed by atoms with Crippen LogP contribution in [0.15, 0.2) is 24.3 Å². The molecule has 0 saturated carbocycles. The average molecular weight is 277 g/mol. The van der Waals surface area contributed by atoms with E-state index in [1.165, 1.54) is 0 Å². The summed E-state index contributed by atoms with van der Waals surface area (Å²) in [6.45, 7) is 0.474. The van der Waals surface area contributed by atoms with Gasteiger partial charge in [0.2, 0.25) is 5.91 Å². The summed E-state index contributed by atoms with van der Waals surface area (Å²) in [4.78, 5) is 13.6. The molecular weight excluding hydrogens is 258 g/mol. The van der Waals surface area contributed by atoms with Crippen LogP contribution in [0.1, 0.15) is 17.5 Å². The maximum atomic E-state index is 12.0. The quantitative estimate of drug-likeness (QED) is 0.857. The Morgan fingerprint density at radius 1 is 1.58 bits per heavy atom. The predicted octanol–water partition coefficient (Wildman–Crippen LogP) is 1.60. The molecule has 5 heteroatoms. The van der Waals surface area contributed by atoms with E-state index in [9.17, 15) is 4.79 Å². The molecule has 0 aromatic heterocycles. The molecule has 1 rings (SSSR count). The lowest BCUT2D eigenvalue weighted by atomic mass is 10.1. The SMILES string of the molecule is CSCC[C@H](N)C(=O)N(C)Cc1cccc(C#N)c1. The molecule has 0 aliphatic heterocycles. The van der Waals surface area contributed by atoms with E-state index in [4.69, 9.17) is 11.0 Å². The Bertz CT molecular complexity index is 470. The van der Waals surface area contributed by atoms with E-state index in [1.807, 2.05) is 18.4 Å². The summed E-state index contributed by atoms with van der Waals surface area (Å²) in [7, 11) is 1.74. The van der Waals surface area contributed by atoms with E-state index in [-0.39, 0.29) is 5.91 Å². The number of benzene rings is 1. The number of hydrogen-bond acceptors (Lipinski definition) is 4. The van der Waals surface area contributed by atoms with Gasteiger partial charge in [0.15, 0.2) is 0 Å². The third-order valence-electron chi connectivity index (χ3n) is 2.80. The summed E-state index contributed by atoms with van der Waals surface area (Å²) in [5, 5.41) is 8.84. The molecule has 0 aliphatic carbocycles. The smallest absolute Gasteiger partial charge is 0.239 e. The van der Waals surface area contributed by atoms with Gasteiger partial charge in [0.05, 0.1) is 17.7 Å². The fourth-order valence-corrected chi connectivity index (χ4v) is 2.23. The number of likely N-dealkylation sites (N-methyl/N-ethyl adjacent to an activating group) is 1. The number of amides is 1. The highest BCUT2D eigenvalue weighted by atomic mass is 32.2. The van der Waals surface area contributed by atoms with E-state index in [0.29, 0.717) is 18.5 Å². The maximum absolute atomic E-state index is 12.0. The number of nitrogens with two attached hydrogens (primary N) is 1. The Hall–Kier alpha value is -1.51. The van der Waals surface area contributed by atoms with Crippen molar-refractivity contribution < 1.29 is 4.79 Å². The van der Waals surface area contributed by atoms with Crippen LogP contribution < -0.4 is 5.73 Å². The van der Waals surface area contributed by atoms with Gasteiger partial charge in [0, 0.05) is 13.6 Å². The predicted molar refractivity (Wildman–Crippen MR) is 78.6 cm³/mol.